The molecule has 0 radical (unpaired) electrons. The summed E-state index contributed by atoms with van der Waals surface area (Å²) in [6.07, 6.45) is 1.40. The standard InChI is InChI=1S/C20H15N3O3/c21-11-14-5-8-16(9-6-14)26-13-20(25)23-22-12-18-17-4-2-1-3-15(17)7-10-19(18)24/h1-10,12,24H,13H2,(H,23,25)/b22-12+. The molecule has 0 aliphatic carbocycles. The van der Waals surface area contributed by atoms with Gasteiger partial charge in [-0.25, -0.2) is 5.43 Å². The summed E-state index contributed by atoms with van der Waals surface area (Å²) in [5, 5.41) is 24.4. The summed E-state index contributed by atoms with van der Waals surface area (Å²) in [7, 11) is 0. The summed E-state index contributed by atoms with van der Waals surface area (Å²) in [4.78, 5) is 11.8. The summed E-state index contributed by atoms with van der Waals surface area (Å²) >= 11 is 0. The maximum Gasteiger partial charge on any atom is 0.277 e. The van der Waals surface area contributed by atoms with E-state index >= 15 is 0 Å². The predicted octanol–water partition coefficient (Wildman–Crippen LogP) is 2.95. The fourth-order valence-electron chi connectivity index (χ4n) is 2.40. The van der Waals surface area contributed by atoms with Gasteiger partial charge in [-0.05, 0) is 41.1 Å². The van der Waals surface area contributed by atoms with Crippen molar-refractivity contribution in [1.82, 2.24) is 5.43 Å². The number of rotatable bonds is 5. The Morgan fingerprint density at radius 1 is 1.15 bits per heavy atom. The summed E-state index contributed by atoms with van der Waals surface area (Å²) in [5.41, 5.74) is 3.40. The number of amides is 1. The van der Waals surface area contributed by atoms with Gasteiger partial charge in [0, 0.05) is 5.56 Å². The molecule has 0 aliphatic rings. The van der Waals surface area contributed by atoms with Gasteiger partial charge in [0.25, 0.3) is 5.91 Å². The van der Waals surface area contributed by atoms with Gasteiger partial charge in [0.15, 0.2) is 6.61 Å². The highest BCUT2D eigenvalue weighted by atomic mass is 16.5. The van der Waals surface area contributed by atoms with Crippen molar-refractivity contribution in [3.05, 3.63) is 71.8 Å². The lowest BCUT2D eigenvalue weighted by Crippen LogP contribution is -2.24. The van der Waals surface area contributed by atoms with E-state index in [0.29, 0.717) is 16.9 Å². The highest BCUT2D eigenvalue weighted by Crippen LogP contribution is 2.25. The first-order chi connectivity index (χ1) is 12.7. The topological polar surface area (TPSA) is 94.7 Å². The number of nitriles is 1. The van der Waals surface area contributed by atoms with E-state index in [1.807, 2.05) is 36.4 Å². The van der Waals surface area contributed by atoms with Gasteiger partial charge in [0.05, 0.1) is 17.8 Å². The third kappa shape index (κ3) is 3.97. The molecule has 6 heteroatoms. The van der Waals surface area contributed by atoms with E-state index in [1.54, 1.807) is 30.3 Å². The minimum Gasteiger partial charge on any atom is -0.507 e. The average Bonchev–Trinajstić information content (AvgIpc) is 2.68. The summed E-state index contributed by atoms with van der Waals surface area (Å²) in [6, 6.07) is 19.4. The van der Waals surface area contributed by atoms with Crippen LogP contribution in [0.25, 0.3) is 10.8 Å². The number of nitrogens with one attached hydrogen (secondary N) is 1. The first-order valence-electron chi connectivity index (χ1n) is 7.83. The van der Waals surface area contributed by atoms with E-state index in [0.717, 1.165) is 10.8 Å². The summed E-state index contributed by atoms with van der Waals surface area (Å²) < 4.78 is 5.32. The van der Waals surface area contributed by atoms with Crippen molar-refractivity contribution in [2.75, 3.05) is 6.61 Å². The summed E-state index contributed by atoms with van der Waals surface area (Å²) in [5.74, 6) is 0.121. The molecule has 128 valence electrons. The quantitative estimate of drug-likeness (QED) is 0.549. The molecule has 0 fully saturated rings. The molecule has 0 spiro atoms. The Kier molecular flexibility index (Phi) is 5.11. The molecule has 3 aromatic rings. The third-order valence-electron chi connectivity index (χ3n) is 3.68. The number of hydrazone groups is 1. The lowest BCUT2D eigenvalue weighted by molar-refractivity contribution is -0.123. The van der Waals surface area contributed by atoms with Crippen LogP contribution in [-0.4, -0.2) is 23.8 Å². The normalized spacial score (nSPS) is 10.6. The molecule has 0 atom stereocenters. The Hall–Kier alpha value is -3.85. The molecule has 0 unspecified atom stereocenters. The molecule has 0 bridgehead atoms. The van der Waals surface area contributed by atoms with E-state index in [1.165, 1.54) is 6.21 Å². The number of hydrogen-bond donors (Lipinski definition) is 2. The van der Waals surface area contributed by atoms with Crippen LogP contribution in [0.15, 0.2) is 65.8 Å². The van der Waals surface area contributed by atoms with Gasteiger partial charge in [-0.3, -0.25) is 4.79 Å². The molecular formula is C20H15N3O3. The van der Waals surface area contributed by atoms with Gasteiger partial charge < -0.3 is 9.84 Å². The van der Waals surface area contributed by atoms with Crippen LogP contribution in [-0.2, 0) is 4.79 Å². The third-order valence-corrected chi connectivity index (χ3v) is 3.68. The van der Waals surface area contributed by atoms with E-state index < -0.39 is 5.91 Å². The Balaban J connectivity index is 1.61. The molecule has 0 heterocycles. The van der Waals surface area contributed by atoms with Crippen LogP contribution < -0.4 is 10.2 Å². The number of nitrogens with zero attached hydrogens (tertiary/aromatic N) is 2. The highest BCUT2D eigenvalue weighted by Gasteiger charge is 2.05. The Morgan fingerprint density at radius 2 is 1.92 bits per heavy atom. The van der Waals surface area contributed by atoms with Gasteiger partial charge in [-0.15, -0.1) is 0 Å². The summed E-state index contributed by atoms with van der Waals surface area (Å²) in [6.45, 7) is -0.218. The minimum atomic E-state index is -0.440. The van der Waals surface area contributed by atoms with Crippen molar-refractivity contribution in [2.24, 2.45) is 5.10 Å². The smallest absolute Gasteiger partial charge is 0.277 e. The largest absolute Gasteiger partial charge is 0.507 e. The number of hydrogen-bond acceptors (Lipinski definition) is 5. The van der Waals surface area contributed by atoms with E-state index in [9.17, 15) is 9.90 Å². The molecule has 0 saturated heterocycles. The second-order valence-corrected chi connectivity index (χ2v) is 5.44. The van der Waals surface area contributed by atoms with Crippen LogP contribution in [0.5, 0.6) is 11.5 Å². The Labute approximate surface area is 150 Å². The maximum absolute atomic E-state index is 11.8. The molecule has 0 saturated carbocycles. The van der Waals surface area contributed by atoms with Crippen LogP contribution >= 0.6 is 0 Å². The van der Waals surface area contributed by atoms with Crippen LogP contribution in [0.4, 0.5) is 0 Å². The molecule has 6 nitrogen and oxygen atoms in total. The van der Waals surface area contributed by atoms with Gasteiger partial charge >= 0.3 is 0 Å². The maximum atomic E-state index is 11.8. The van der Waals surface area contributed by atoms with E-state index in [4.69, 9.17) is 10.00 Å². The average molecular weight is 345 g/mol. The number of phenols is 1. The number of phenolic OH excluding ortho intramolecular Hbond substituents is 1. The molecule has 0 aromatic heterocycles. The number of ether oxygens (including phenoxy) is 1. The van der Waals surface area contributed by atoms with Crippen LogP contribution in [0.2, 0.25) is 0 Å². The van der Waals surface area contributed by atoms with Gasteiger partial charge in [0.2, 0.25) is 0 Å². The van der Waals surface area contributed by atoms with Gasteiger partial charge in [0.1, 0.15) is 11.5 Å². The molecule has 3 aromatic carbocycles. The Morgan fingerprint density at radius 3 is 2.69 bits per heavy atom. The van der Waals surface area contributed by atoms with Crippen LogP contribution in [0, 0.1) is 11.3 Å². The van der Waals surface area contributed by atoms with Gasteiger partial charge in [-0.1, -0.05) is 30.3 Å². The van der Waals surface area contributed by atoms with Gasteiger partial charge in [-0.2, -0.15) is 10.4 Å². The highest BCUT2D eigenvalue weighted by molar-refractivity contribution is 6.02. The number of fused-ring (bicyclic) bond motifs is 1. The fraction of sp³-hybridized carbons (Fsp3) is 0.0500. The van der Waals surface area contributed by atoms with Crippen molar-refractivity contribution in [2.45, 2.75) is 0 Å². The molecule has 2 N–H and O–H groups in total. The first kappa shape index (κ1) is 17.0. The van der Waals surface area contributed by atoms with Crippen molar-refractivity contribution >= 4 is 22.9 Å². The molecule has 1 amide bonds. The monoisotopic (exact) mass is 345 g/mol. The Bertz CT molecular complexity index is 1000. The van der Waals surface area contributed by atoms with E-state index in [2.05, 4.69) is 10.5 Å². The number of carbonyl (C=O) groups excluding carboxylic acids is 1. The number of carbonyl (C=O) groups is 1. The second kappa shape index (κ2) is 7.81. The van der Waals surface area contributed by atoms with Crippen molar-refractivity contribution in [1.29, 1.82) is 5.26 Å². The zero-order valence-electron chi connectivity index (χ0n) is 13.7. The van der Waals surface area contributed by atoms with Crippen molar-refractivity contribution < 1.29 is 14.6 Å². The SMILES string of the molecule is N#Cc1ccc(OCC(=O)N/N=C/c2c(O)ccc3ccccc23)cc1. The second-order valence-electron chi connectivity index (χ2n) is 5.44. The van der Waals surface area contributed by atoms with Crippen LogP contribution in [0.3, 0.4) is 0 Å². The zero-order chi connectivity index (χ0) is 18.4. The molecule has 3 rings (SSSR count). The number of aromatic hydroxyl groups is 1. The molecule has 0 aliphatic heterocycles. The lowest BCUT2D eigenvalue weighted by Gasteiger charge is -2.06. The minimum absolute atomic E-state index is 0.0792. The van der Waals surface area contributed by atoms with Crippen LogP contribution in [0.1, 0.15) is 11.1 Å². The fourth-order valence-corrected chi connectivity index (χ4v) is 2.40. The molecule has 26 heavy (non-hydrogen) atoms. The number of benzene rings is 3. The zero-order valence-corrected chi connectivity index (χ0v) is 13.7. The first-order valence-corrected chi connectivity index (χ1v) is 7.83. The van der Waals surface area contributed by atoms with E-state index in [-0.39, 0.29) is 12.4 Å². The predicted molar refractivity (Wildman–Crippen MR) is 98.0 cm³/mol. The van der Waals surface area contributed by atoms with Crippen molar-refractivity contribution in [3.63, 3.8) is 0 Å². The van der Waals surface area contributed by atoms with Crippen molar-refractivity contribution in [3.8, 4) is 17.6 Å². The molecular weight excluding hydrogens is 330 g/mol. The lowest BCUT2D eigenvalue weighted by atomic mass is 10.0.